The maximum atomic E-state index is 12.1. The summed E-state index contributed by atoms with van der Waals surface area (Å²) in [5.41, 5.74) is 5.10. The summed E-state index contributed by atoms with van der Waals surface area (Å²) in [7, 11) is 0. The lowest BCUT2D eigenvalue weighted by molar-refractivity contribution is -0.285. The van der Waals surface area contributed by atoms with Gasteiger partial charge in [0.05, 0.1) is 6.42 Å². The van der Waals surface area contributed by atoms with Crippen molar-refractivity contribution in [2.24, 2.45) is 5.92 Å². The summed E-state index contributed by atoms with van der Waals surface area (Å²) in [4.78, 5) is 36.2. The Balaban J connectivity index is 1.32. The van der Waals surface area contributed by atoms with E-state index in [2.05, 4.69) is 45.9 Å². The first-order valence-electron chi connectivity index (χ1n) is 11.8. The van der Waals surface area contributed by atoms with Gasteiger partial charge >= 0.3 is 18.1 Å². The van der Waals surface area contributed by atoms with Gasteiger partial charge in [-0.25, -0.2) is 19.4 Å². The predicted molar refractivity (Wildman–Crippen MR) is 126 cm³/mol. The lowest BCUT2D eigenvalue weighted by atomic mass is 9.97. The Kier molecular flexibility index (Phi) is 7.91. The number of benzene rings is 2. The number of carbonyl (C=O) groups is 2. The van der Waals surface area contributed by atoms with E-state index in [9.17, 15) is 22.8 Å². The maximum absolute atomic E-state index is 12.1. The summed E-state index contributed by atoms with van der Waals surface area (Å²) in [6.45, 7) is 5.78. The van der Waals surface area contributed by atoms with E-state index in [-0.39, 0.29) is 13.0 Å². The Morgan fingerprint density at radius 2 is 1.78 bits per heavy atom. The first kappa shape index (κ1) is 26.3. The van der Waals surface area contributed by atoms with Gasteiger partial charge in [-0.3, -0.25) is 4.90 Å². The molecule has 1 aromatic heterocycles. The average Bonchev–Trinajstić information content (AvgIpc) is 3.35. The third-order valence-corrected chi connectivity index (χ3v) is 5.90. The zero-order valence-electron chi connectivity index (χ0n) is 20.4. The van der Waals surface area contributed by atoms with Crippen LogP contribution in [0, 0.1) is 5.92 Å². The monoisotopic (exact) mass is 517 g/mol. The van der Waals surface area contributed by atoms with E-state index in [4.69, 9.17) is 4.52 Å². The van der Waals surface area contributed by atoms with Crippen molar-refractivity contribution in [2.75, 3.05) is 13.1 Å². The summed E-state index contributed by atoms with van der Waals surface area (Å²) >= 11 is 0. The lowest BCUT2D eigenvalue weighted by Gasteiger charge is -2.28. The van der Waals surface area contributed by atoms with Gasteiger partial charge in [0.15, 0.2) is 0 Å². The molecule has 0 N–H and O–H groups in total. The minimum Gasteiger partial charge on any atom is -0.334 e. The fourth-order valence-electron chi connectivity index (χ4n) is 4.08. The average molecular weight is 518 g/mol. The zero-order chi connectivity index (χ0) is 26.6. The number of fused-ring (bicyclic) bond motifs is 1. The lowest BCUT2D eigenvalue weighted by Crippen LogP contribution is -2.33. The molecule has 4 rings (SSSR count). The van der Waals surface area contributed by atoms with Gasteiger partial charge < -0.3 is 4.52 Å². The van der Waals surface area contributed by atoms with Gasteiger partial charge in [-0.2, -0.15) is 18.2 Å². The van der Waals surface area contributed by atoms with Gasteiger partial charge in [-0.05, 0) is 53.6 Å². The van der Waals surface area contributed by atoms with Crippen LogP contribution >= 0.6 is 0 Å². The Hall–Kier alpha value is -3.73. The van der Waals surface area contributed by atoms with Crippen LogP contribution in [0.15, 0.2) is 47.0 Å². The van der Waals surface area contributed by atoms with Gasteiger partial charge in [0, 0.05) is 30.8 Å². The molecule has 2 heterocycles. The summed E-state index contributed by atoms with van der Waals surface area (Å²) in [6, 6.07) is 14.0. The maximum Gasteiger partial charge on any atom is 0.495 e. The van der Waals surface area contributed by atoms with Crippen LogP contribution in [0.3, 0.4) is 0 Å². The van der Waals surface area contributed by atoms with Crippen LogP contribution in [0.2, 0.25) is 0 Å². The van der Waals surface area contributed by atoms with E-state index in [0.29, 0.717) is 37.1 Å². The minimum absolute atomic E-state index is 0.220. The second-order valence-corrected chi connectivity index (χ2v) is 9.30. The van der Waals surface area contributed by atoms with Crippen molar-refractivity contribution < 1.29 is 37.1 Å². The van der Waals surface area contributed by atoms with Crippen LogP contribution in [-0.2, 0) is 38.8 Å². The molecule has 0 fully saturated rings. The van der Waals surface area contributed by atoms with Crippen molar-refractivity contribution in [1.29, 1.82) is 0 Å². The molecule has 37 heavy (non-hydrogen) atoms. The third kappa shape index (κ3) is 6.94. The molecule has 8 nitrogen and oxygen atoms in total. The molecule has 0 aliphatic carbocycles. The number of carbonyl (C=O) groups excluding carboxylic acids is 2. The molecular formula is C26H26F3N3O5. The van der Waals surface area contributed by atoms with Crippen LogP contribution in [0.25, 0.3) is 22.8 Å². The first-order chi connectivity index (χ1) is 17.6. The number of aromatic nitrogens is 2. The largest absolute Gasteiger partial charge is 0.495 e. The Morgan fingerprint density at radius 3 is 2.49 bits per heavy atom. The van der Waals surface area contributed by atoms with Crippen molar-refractivity contribution in [3.63, 3.8) is 0 Å². The van der Waals surface area contributed by atoms with Crippen LogP contribution < -0.4 is 0 Å². The molecule has 0 radical (unpaired) electrons. The van der Waals surface area contributed by atoms with E-state index in [1.807, 2.05) is 35.2 Å². The molecule has 1 aliphatic rings. The highest BCUT2D eigenvalue weighted by Crippen LogP contribution is 2.27. The molecule has 11 heteroatoms. The summed E-state index contributed by atoms with van der Waals surface area (Å²) in [5, 5.41) is 4.14. The van der Waals surface area contributed by atoms with Crippen molar-refractivity contribution in [1.82, 2.24) is 15.0 Å². The van der Waals surface area contributed by atoms with Crippen molar-refractivity contribution >= 4 is 11.9 Å². The topological polar surface area (TPSA) is 94.8 Å². The second kappa shape index (κ2) is 11.1. The number of halogens is 3. The minimum atomic E-state index is -5.22. The normalized spacial score (nSPS) is 13.9. The standard InChI is InChI=1S/C26H26F3N3O5/c1-16(2)13-17-3-5-18(6-4-17)24-30-23(31-35-24)20-7-8-21-15-32(11-9-19(21)14-20)12-10-22(33)36-37-25(34)26(27,28)29/h3-8,14,16H,9-13,15H2,1-2H3. The molecule has 1 aliphatic heterocycles. The van der Waals surface area contributed by atoms with Gasteiger partial charge in [-0.15, -0.1) is 0 Å². The van der Waals surface area contributed by atoms with Crippen molar-refractivity contribution in [3.8, 4) is 22.8 Å². The number of hydrogen-bond donors (Lipinski definition) is 0. The molecule has 3 aromatic rings. The van der Waals surface area contributed by atoms with Gasteiger partial charge in [0.2, 0.25) is 5.82 Å². The Morgan fingerprint density at radius 1 is 1.05 bits per heavy atom. The van der Waals surface area contributed by atoms with Gasteiger partial charge in [0.25, 0.3) is 5.89 Å². The molecule has 0 unspecified atom stereocenters. The fourth-order valence-corrected chi connectivity index (χ4v) is 4.08. The van der Waals surface area contributed by atoms with E-state index >= 15 is 0 Å². The quantitative estimate of drug-likeness (QED) is 0.322. The summed E-state index contributed by atoms with van der Waals surface area (Å²) < 4.78 is 41.8. The summed E-state index contributed by atoms with van der Waals surface area (Å²) in [6.07, 6.45) is -3.74. The first-order valence-corrected chi connectivity index (χ1v) is 11.8. The highest BCUT2D eigenvalue weighted by Gasteiger charge is 2.43. The van der Waals surface area contributed by atoms with Crippen LogP contribution in [0.1, 0.15) is 37.0 Å². The van der Waals surface area contributed by atoms with Crippen LogP contribution in [0.4, 0.5) is 13.2 Å². The van der Waals surface area contributed by atoms with E-state index < -0.39 is 18.1 Å². The second-order valence-electron chi connectivity index (χ2n) is 9.30. The zero-order valence-corrected chi connectivity index (χ0v) is 20.4. The molecule has 0 amide bonds. The predicted octanol–water partition coefficient (Wildman–Crippen LogP) is 4.91. The van der Waals surface area contributed by atoms with Crippen LogP contribution in [-0.4, -0.2) is 46.2 Å². The molecule has 196 valence electrons. The molecule has 0 spiro atoms. The van der Waals surface area contributed by atoms with E-state index in [1.54, 1.807) is 0 Å². The van der Waals surface area contributed by atoms with E-state index in [0.717, 1.165) is 28.7 Å². The Labute approximate surface area is 211 Å². The van der Waals surface area contributed by atoms with E-state index in [1.165, 1.54) is 5.56 Å². The fraction of sp³-hybridized carbons (Fsp3) is 0.385. The molecule has 0 saturated heterocycles. The number of hydrogen-bond acceptors (Lipinski definition) is 8. The highest BCUT2D eigenvalue weighted by atomic mass is 19.4. The van der Waals surface area contributed by atoms with Crippen molar-refractivity contribution in [2.45, 2.75) is 45.8 Å². The number of alkyl halides is 3. The van der Waals surface area contributed by atoms with Crippen LogP contribution in [0.5, 0.6) is 0 Å². The highest BCUT2D eigenvalue weighted by molar-refractivity contribution is 5.77. The number of rotatable bonds is 7. The van der Waals surface area contributed by atoms with Gasteiger partial charge in [-0.1, -0.05) is 43.3 Å². The molecule has 2 aromatic carbocycles. The SMILES string of the molecule is CC(C)Cc1ccc(-c2nc(-c3ccc4c(c3)CCN(CCC(=O)OOC(=O)C(F)(F)F)C4)no2)cc1. The molecule has 0 atom stereocenters. The van der Waals surface area contributed by atoms with Gasteiger partial charge in [0.1, 0.15) is 0 Å². The molecular weight excluding hydrogens is 491 g/mol. The summed E-state index contributed by atoms with van der Waals surface area (Å²) in [5.74, 6) is -2.12. The molecule has 0 saturated carbocycles. The molecule has 0 bridgehead atoms. The Bertz CT molecular complexity index is 1260. The number of nitrogens with zero attached hydrogens (tertiary/aromatic N) is 3. The van der Waals surface area contributed by atoms with Crippen molar-refractivity contribution in [3.05, 3.63) is 59.2 Å². The third-order valence-electron chi connectivity index (χ3n) is 5.90. The smallest absolute Gasteiger partial charge is 0.334 e.